The molecule has 7 nitrogen and oxygen atoms in total. The number of likely N-dealkylation sites (tertiary alicyclic amines) is 1. The maximum atomic E-state index is 12.7. The Hall–Kier alpha value is -0.220. The Morgan fingerprint density at radius 3 is 2.54 bits per heavy atom. The van der Waals surface area contributed by atoms with E-state index in [1.807, 2.05) is 0 Å². The van der Waals surface area contributed by atoms with E-state index in [1.54, 1.807) is 4.31 Å². The van der Waals surface area contributed by atoms with Crippen LogP contribution in [0.2, 0.25) is 0 Å². The molecule has 3 rings (SSSR count). The highest BCUT2D eigenvalue weighted by molar-refractivity contribution is 7.91. The van der Waals surface area contributed by atoms with Crippen LogP contribution in [0.4, 0.5) is 0 Å². The summed E-state index contributed by atoms with van der Waals surface area (Å²) in [4.78, 5) is 2.24. The maximum Gasteiger partial charge on any atom is 0.214 e. The fraction of sp³-hybridized carbons (Fsp3) is 1.00. The lowest BCUT2D eigenvalue weighted by Gasteiger charge is -2.46. The van der Waals surface area contributed by atoms with Crippen LogP contribution in [0.15, 0.2) is 0 Å². The second-order valence-corrected chi connectivity index (χ2v) is 11.9. The van der Waals surface area contributed by atoms with Gasteiger partial charge in [-0.3, -0.25) is 0 Å². The number of sulfone groups is 1. The Bertz CT molecular complexity index is 653. The van der Waals surface area contributed by atoms with Gasteiger partial charge in [-0.15, -0.1) is 0 Å². The van der Waals surface area contributed by atoms with Gasteiger partial charge in [-0.25, -0.2) is 16.8 Å². The van der Waals surface area contributed by atoms with Gasteiger partial charge < -0.3 is 9.64 Å². The summed E-state index contributed by atoms with van der Waals surface area (Å²) in [6, 6.07) is 0. The summed E-state index contributed by atoms with van der Waals surface area (Å²) in [6.45, 7) is 3.14. The maximum absolute atomic E-state index is 12.7. The molecule has 0 aromatic carbocycles. The quantitative estimate of drug-likeness (QED) is 0.679. The van der Waals surface area contributed by atoms with E-state index < -0.39 is 19.9 Å². The first-order chi connectivity index (χ1) is 11.2. The lowest BCUT2D eigenvalue weighted by Crippen LogP contribution is -2.57. The van der Waals surface area contributed by atoms with Gasteiger partial charge in [0.15, 0.2) is 9.84 Å². The number of rotatable bonds is 4. The number of ether oxygens (including phenoxy) is 1. The predicted octanol–water partition coefficient (Wildman–Crippen LogP) is -0.0624. The molecule has 0 radical (unpaired) electrons. The molecule has 0 aliphatic carbocycles. The van der Waals surface area contributed by atoms with Crippen LogP contribution in [0.5, 0.6) is 0 Å². The molecule has 9 heteroatoms. The minimum atomic E-state index is -3.35. The molecule has 0 N–H and O–H groups in total. The number of sulfonamides is 1. The number of hydrogen-bond acceptors (Lipinski definition) is 6. The molecule has 1 atom stereocenters. The fourth-order valence-corrected chi connectivity index (χ4v) is 7.51. The van der Waals surface area contributed by atoms with Gasteiger partial charge in [-0.1, -0.05) is 0 Å². The van der Waals surface area contributed by atoms with Crippen molar-refractivity contribution in [1.29, 1.82) is 0 Å². The van der Waals surface area contributed by atoms with E-state index >= 15 is 0 Å². The molecule has 0 aromatic rings. The molecule has 0 aromatic heterocycles. The molecule has 1 spiro atoms. The molecule has 0 amide bonds. The van der Waals surface area contributed by atoms with Crippen molar-refractivity contribution >= 4 is 19.9 Å². The van der Waals surface area contributed by atoms with E-state index in [0.29, 0.717) is 32.5 Å². The summed E-state index contributed by atoms with van der Waals surface area (Å²) in [5, 5.41) is 0. The molecule has 3 heterocycles. The third kappa shape index (κ3) is 4.30. The highest BCUT2D eigenvalue weighted by Crippen LogP contribution is 2.31. The first-order valence-electron chi connectivity index (χ1n) is 8.71. The summed E-state index contributed by atoms with van der Waals surface area (Å²) in [5.74, 6) is 0.375. The van der Waals surface area contributed by atoms with Gasteiger partial charge in [-0.05, 0) is 38.6 Å². The van der Waals surface area contributed by atoms with Crippen molar-refractivity contribution in [3.8, 4) is 0 Å². The van der Waals surface area contributed by atoms with E-state index in [2.05, 4.69) is 11.9 Å². The number of morpholine rings is 1. The zero-order valence-electron chi connectivity index (χ0n) is 14.3. The number of piperidine rings is 1. The molecule has 0 saturated carbocycles. The van der Waals surface area contributed by atoms with Crippen molar-refractivity contribution in [3.63, 3.8) is 0 Å². The molecule has 1 unspecified atom stereocenters. The molecule has 3 aliphatic rings. The molecule has 24 heavy (non-hydrogen) atoms. The van der Waals surface area contributed by atoms with Crippen LogP contribution < -0.4 is 0 Å². The van der Waals surface area contributed by atoms with Gasteiger partial charge in [-0.2, -0.15) is 4.31 Å². The van der Waals surface area contributed by atoms with Gasteiger partial charge in [0, 0.05) is 26.2 Å². The first kappa shape index (κ1) is 18.6. The molecule has 3 saturated heterocycles. The van der Waals surface area contributed by atoms with Crippen molar-refractivity contribution in [2.45, 2.75) is 31.3 Å². The largest absolute Gasteiger partial charge is 0.372 e. The van der Waals surface area contributed by atoms with E-state index in [-0.39, 0.29) is 28.8 Å². The van der Waals surface area contributed by atoms with Crippen molar-refractivity contribution < 1.29 is 21.6 Å². The van der Waals surface area contributed by atoms with Crippen molar-refractivity contribution in [2.75, 3.05) is 57.1 Å². The van der Waals surface area contributed by atoms with Crippen LogP contribution in [0.25, 0.3) is 0 Å². The van der Waals surface area contributed by atoms with Gasteiger partial charge in [0.05, 0.1) is 29.5 Å². The van der Waals surface area contributed by atoms with Crippen LogP contribution in [0.1, 0.15) is 25.7 Å². The van der Waals surface area contributed by atoms with Crippen LogP contribution in [0.3, 0.4) is 0 Å². The summed E-state index contributed by atoms with van der Waals surface area (Å²) in [6.07, 6.45) is 2.75. The van der Waals surface area contributed by atoms with Crippen LogP contribution >= 0.6 is 0 Å². The van der Waals surface area contributed by atoms with Crippen molar-refractivity contribution in [1.82, 2.24) is 9.21 Å². The average molecular weight is 381 g/mol. The summed E-state index contributed by atoms with van der Waals surface area (Å²) >= 11 is 0. The van der Waals surface area contributed by atoms with Crippen LogP contribution in [-0.4, -0.2) is 88.7 Å². The molecule has 140 valence electrons. The molecule has 0 bridgehead atoms. The Kier molecular flexibility index (Phi) is 5.28. The van der Waals surface area contributed by atoms with Crippen molar-refractivity contribution in [2.24, 2.45) is 5.92 Å². The van der Waals surface area contributed by atoms with Gasteiger partial charge >= 0.3 is 0 Å². The second-order valence-electron chi connectivity index (χ2n) is 7.54. The molecule has 3 fully saturated rings. The van der Waals surface area contributed by atoms with Crippen LogP contribution in [0, 0.1) is 5.92 Å². The Morgan fingerprint density at radius 1 is 1.21 bits per heavy atom. The average Bonchev–Trinajstić information content (AvgIpc) is 2.88. The van der Waals surface area contributed by atoms with E-state index in [4.69, 9.17) is 4.74 Å². The highest BCUT2D eigenvalue weighted by atomic mass is 32.2. The Balaban J connectivity index is 1.58. The lowest BCUT2D eigenvalue weighted by molar-refractivity contribution is -0.117. The van der Waals surface area contributed by atoms with Crippen molar-refractivity contribution in [3.05, 3.63) is 0 Å². The minimum absolute atomic E-state index is 0.0110. The minimum Gasteiger partial charge on any atom is -0.372 e. The van der Waals surface area contributed by atoms with Crippen LogP contribution in [-0.2, 0) is 24.6 Å². The summed E-state index contributed by atoms with van der Waals surface area (Å²) < 4.78 is 56.0. The van der Waals surface area contributed by atoms with E-state index in [0.717, 1.165) is 25.9 Å². The topological polar surface area (TPSA) is 84.0 Å². The summed E-state index contributed by atoms with van der Waals surface area (Å²) in [7, 11) is -4.23. The lowest BCUT2D eigenvalue weighted by atomic mass is 9.90. The van der Waals surface area contributed by atoms with Gasteiger partial charge in [0.2, 0.25) is 10.0 Å². The normalized spacial score (nSPS) is 31.5. The second kappa shape index (κ2) is 6.83. The molecule has 3 aliphatic heterocycles. The van der Waals surface area contributed by atoms with Gasteiger partial charge in [0.25, 0.3) is 0 Å². The third-order valence-electron chi connectivity index (χ3n) is 5.62. The Morgan fingerprint density at radius 2 is 1.92 bits per heavy atom. The van der Waals surface area contributed by atoms with Gasteiger partial charge in [0.1, 0.15) is 0 Å². The van der Waals surface area contributed by atoms with E-state index in [1.165, 1.54) is 0 Å². The SMILES string of the molecule is CN1CCC2(CC1)CN(S(=O)(=O)CCC1CCS(=O)(=O)C1)CCO2. The monoisotopic (exact) mass is 380 g/mol. The smallest absolute Gasteiger partial charge is 0.214 e. The molecular formula is C15H28N2O5S2. The van der Waals surface area contributed by atoms with E-state index in [9.17, 15) is 16.8 Å². The number of hydrogen-bond donors (Lipinski definition) is 0. The predicted molar refractivity (Wildman–Crippen MR) is 92.2 cm³/mol. The third-order valence-corrected chi connectivity index (χ3v) is 9.30. The summed E-state index contributed by atoms with van der Waals surface area (Å²) in [5.41, 5.74) is -0.339. The zero-order valence-corrected chi connectivity index (χ0v) is 15.9. The zero-order chi connectivity index (χ0) is 17.4. The molecular weight excluding hydrogens is 352 g/mol. The standard InChI is InChI=1S/C15H28N2O5S2/c1-16-6-4-15(5-7-16)13-17(8-9-22-15)24(20,21)11-3-14-2-10-23(18,19)12-14/h14H,2-13H2,1H3. The fourth-order valence-electron chi connectivity index (χ4n) is 3.92. The highest BCUT2D eigenvalue weighted by Gasteiger charge is 2.42. The number of nitrogens with zero attached hydrogens (tertiary/aromatic N) is 2. The Labute approximate surface area is 145 Å². The first-order valence-corrected chi connectivity index (χ1v) is 12.1.